The predicted molar refractivity (Wildman–Crippen MR) is 100 cm³/mol. The van der Waals surface area contributed by atoms with Crippen molar-refractivity contribution in [3.05, 3.63) is 0 Å². The standard InChI is InChI=1S/C18H34O7S.Na.H/c1-5-9-14(7-3)12-24-17(19)11-16(26(21,22)23)18(20)25-13-15(8-4)10-6-2;;/h14-16H,5-13H2,1-4H3,(H,21,22,23);;/q;+1;-1. The van der Waals surface area contributed by atoms with Crippen molar-refractivity contribution in [3.63, 3.8) is 0 Å². The van der Waals surface area contributed by atoms with E-state index >= 15 is 0 Å². The topological polar surface area (TPSA) is 107 Å². The molecule has 0 bridgehead atoms. The van der Waals surface area contributed by atoms with E-state index in [1.807, 2.05) is 27.7 Å². The number of carbonyl (C=O) groups excluding carboxylic acids is 2. The molecule has 7 nitrogen and oxygen atoms in total. The second-order valence-electron chi connectivity index (χ2n) is 6.65. The molecule has 3 unspecified atom stereocenters. The van der Waals surface area contributed by atoms with Crippen LogP contribution in [0.3, 0.4) is 0 Å². The largest absolute Gasteiger partial charge is 1.00 e. The Balaban J connectivity index is -0.00000312. The van der Waals surface area contributed by atoms with Crippen molar-refractivity contribution in [1.29, 1.82) is 0 Å². The van der Waals surface area contributed by atoms with E-state index in [0.29, 0.717) is 0 Å². The van der Waals surface area contributed by atoms with E-state index in [2.05, 4.69) is 0 Å². The van der Waals surface area contributed by atoms with Crippen molar-refractivity contribution in [2.45, 2.75) is 77.9 Å². The van der Waals surface area contributed by atoms with E-state index < -0.39 is 33.7 Å². The third-order valence-electron chi connectivity index (χ3n) is 4.46. The van der Waals surface area contributed by atoms with Gasteiger partial charge in [-0.3, -0.25) is 14.1 Å². The zero-order valence-electron chi connectivity index (χ0n) is 18.4. The van der Waals surface area contributed by atoms with Gasteiger partial charge >= 0.3 is 41.5 Å². The summed E-state index contributed by atoms with van der Waals surface area (Å²) in [5.74, 6) is -1.63. The average molecular weight is 419 g/mol. The molecule has 0 aliphatic heterocycles. The van der Waals surface area contributed by atoms with Crippen molar-refractivity contribution in [2.75, 3.05) is 13.2 Å². The normalized spacial score (nSPS) is 14.6. The molecule has 3 atom stereocenters. The number of ether oxygens (including phenoxy) is 2. The quantitative estimate of drug-likeness (QED) is 0.248. The Morgan fingerprint density at radius 3 is 1.74 bits per heavy atom. The first-order chi connectivity index (χ1) is 12.2. The molecule has 0 heterocycles. The van der Waals surface area contributed by atoms with Crippen LogP contribution in [0, 0.1) is 11.8 Å². The van der Waals surface area contributed by atoms with E-state index in [4.69, 9.17) is 9.47 Å². The average Bonchev–Trinajstić information content (AvgIpc) is 2.58. The minimum Gasteiger partial charge on any atom is -1.00 e. The van der Waals surface area contributed by atoms with Crippen LogP contribution < -0.4 is 29.6 Å². The summed E-state index contributed by atoms with van der Waals surface area (Å²) in [6, 6.07) is 0. The van der Waals surface area contributed by atoms with Gasteiger partial charge in [0.05, 0.1) is 19.6 Å². The molecule has 1 N–H and O–H groups in total. The number of esters is 2. The molecule has 0 amide bonds. The van der Waals surface area contributed by atoms with E-state index in [0.717, 1.165) is 38.5 Å². The van der Waals surface area contributed by atoms with Crippen molar-refractivity contribution in [2.24, 2.45) is 11.8 Å². The maximum Gasteiger partial charge on any atom is 1.00 e. The van der Waals surface area contributed by atoms with E-state index in [1.165, 1.54) is 0 Å². The molecule has 0 aromatic rings. The van der Waals surface area contributed by atoms with Gasteiger partial charge < -0.3 is 10.9 Å². The maximum absolute atomic E-state index is 12.1. The first-order valence-corrected chi connectivity index (χ1v) is 11.0. The van der Waals surface area contributed by atoms with Crippen LogP contribution in [0.2, 0.25) is 0 Å². The maximum atomic E-state index is 12.1. The van der Waals surface area contributed by atoms with Gasteiger partial charge in [0, 0.05) is 0 Å². The third kappa shape index (κ3) is 12.8. The molecular formula is C18H35NaO7S. The molecule has 9 heteroatoms. The molecule has 156 valence electrons. The summed E-state index contributed by atoms with van der Waals surface area (Å²) in [5, 5.41) is -1.94. The molecule has 0 aliphatic rings. The van der Waals surface area contributed by atoms with Gasteiger partial charge in [0.15, 0.2) is 5.25 Å². The minimum atomic E-state index is -4.76. The summed E-state index contributed by atoms with van der Waals surface area (Å²) in [4.78, 5) is 24.0. The number of carbonyl (C=O) groups is 2. The smallest absolute Gasteiger partial charge is 1.00 e. The summed E-state index contributed by atoms with van der Waals surface area (Å²) in [5.41, 5.74) is 0. The van der Waals surface area contributed by atoms with Crippen molar-refractivity contribution >= 4 is 22.1 Å². The first-order valence-electron chi connectivity index (χ1n) is 9.47. The minimum absolute atomic E-state index is 0. The van der Waals surface area contributed by atoms with Crippen LogP contribution in [0.25, 0.3) is 0 Å². The molecule has 0 aromatic carbocycles. The van der Waals surface area contributed by atoms with Crippen molar-refractivity contribution in [3.8, 4) is 0 Å². The van der Waals surface area contributed by atoms with Gasteiger partial charge in [-0.25, -0.2) is 0 Å². The van der Waals surface area contributed by atoms with Gasteiger partial charge in [-0.1, -0.05) is 53.4 Å². The monoisotopic (exact) mass is 418 g/mol. The SMILES string of the molecule is CCCC(CC)COC(=O)CC(C(=O)OCC(CC)CCC)S(=O)(=O)O.[H-].[Na+]. The number of hydrogen-bond donors (Lipinski definition) is 1. The molecule has 0 fully saturated rings. The molecule has 0 saturated carbocycles. The fourth-order valence-electron chi connectivity index (χ4n) is 2.65. The molecule has 0 rings (SSSR count). The van der Waals surface area contributed by atoms with E-state index in [1.54, 1.807) is 0 Å². The predicted octanol–water partition coefficient (Wildman–Crippen LogP) is 0.488. The Kier molecular flexibility index (Phi) is 16.9. The second-order valence-corrected chi connectivity index (χ2v) is 8.25. The van der Waals surface area contributed by atoms with Gasteiger partial charge in [0.2, 0.25) is 0 Å². The van der Waals surface area contributed by atoms with Gasteiger partial charge in [-0.2, -0.15) is 8.42 Å². The van der Waals surface area contributed by atoms with Crippen LogP contribution >= 0.6 is 0 Å². The molecule has 0 saturated heterocycles. The van der Waals surface area contributed by atoms with Crippen LogP contribution in [-0.2, 0) is 29.2 Å². The van der Waals surface area contributed by atoms with Crippen LogP contribution in [0.4, 0.5) is 0 Å². The van der Waals surface area contributed by atoms with Crippen molar-refractivity contribution in [1.82, 2.24) is 0 Å². The summed E-state index contributed by atoms with van der Waals surface area (Å²) >= 11 is 0. The Morgan fingerprint density at radius 1 is 0.926 bits per heavy atom. The molecule has 0 radical (unpaired) electrons. The molecule has 0 spiro atoms. The van der Waals surface area contributed by atoms with Crippen LogP contribution in [0.15, 0.2) is 0 Å². The zero-order chi connectivity index (χ0) is 20.2. The van der Waals surface area contributed by atoms with Crippen LogP contribution in [0.1, 0.15) is 74.1 Å². The van der Waals surface area contributed by atoms with Crippen LogP contribution in [-0.4, -0.2) is 43.4 Å². The number of hydrogen-bond acceptors (Lipinski definition) is 6. The zero-order valence-corrected chi connectivity index (χ0v) is 20.2. The first kappa shape index (κ1) is 29.1. The Bertz CT molecular complexity index is 528. The second kappa shape index (κ2) is 15.7. The fourth-order valence-corrected chi connectivity index (χ4v) is 3.31. The Morgan fingerprint density at radius 2 is 1.37 bits per heavy atom. The van der Waals surface area contributed by atoms with Gasteiger partial charge in [-0.15, -0.1) is 0 Å². The van der Waals surface area contributed by atoms with Gasteiger partial charge in [-0.05, 0) is 24.7 Å². The van der Waals surface area contributed by atoms with Gasteiger partial charge in [0.25, 0.3) is 10.1 Å². The van der Waals surface area contributed by atoms with E-state index in [-0.39, 0.29) is 56.0 Å². The summed E-state index contributed by atoms with van der Waals surface area (Å²) in [6.45, 7) is 8.20. The Labute approximate surface area is 187 Å². The van der Waals surface area contributed by atoms with Crippen LogP contribution in [0.5, 0.6) is 0 Å². The molecule has 0 aromatic heterocycles. The van der Waals surface area contributed by atoms with Crippen molar-refractivity contribution < 1.29 is 63.0 Å². The fraction of sp³-hybridized carbons (Fsp3) is 0.889. The van der Waals surface area contributed by atoms with E-state index in [9.17, 15) is 22.6 Å². The number of rotatable bonds is 14. The Hall–Kier alpha value is -0.150. The van der Waals surface area contributed by atoms with Gasteiger partial charge in [0.1, 0.15) is 0 Å². The molecule has 0 aliphatic carbocycles. The summed E-state index contributed by atoms with van der Waals surface area (Å²) < 4.78 is 42.4. The molecule has 27 heavy (non-hydrogen) atoms. The third-order valence-corrected chi connectivity index (χ3v) is 5.54. The summed E-state index contributed by atoms with van der Waals surface area (Å²) in [7, 11) is -4.76. The molecular weight excluding hydrogens is 383 g/mol. The summed E-state index contributed by atoms with van der Waals surface area (Å²) in [6.07, 6.45) is 4.48.